The first-order valence-corrected chi connectivity index (χ1v) is 6.49. The third-order valence-electron chi connectivity index (χ3n) is 3.25. The number of Topliss-reactive ketones (excluding diaryl/α,β-unsaturated/α-hetero) is 1. The van der Waals surface area contributed by atoms with Crippen LogP contribution in [0.1, 0.15) is 16.1 Å². The van der Waals surface area contributed by atoms with Crippen LogP contribution in [-0.2, 0) is 4.74 Å². The van der Waals surface area contributed by atoms with Gasteiger partial charge in [0.25, 0.3) is 0 Å². The smallest absolute Gasteiger partial charge is 0.395 e. The molecule has 0 saturated carbocycles. The van der Waals surface area contributed by atoms with Crippen molar-refractivity contribution in [2.75, 3.05) is 13.7 Å². The van der Waals surface area contributed by atoms with E-state index in [-0.39, 0.29) is 40.5 Å². The van der Waals surface area contributed by atoms with Crippen molar-refractivity contribution >= 4 is 5.78 Å². The third-order valence-corrected chi connectivity index (χ3v) is 3.25. The lowest BCUT2D eigenvalue weighted by Gasteiger charge is -2.08. The topological polar surface area (TPSA) is 84.3 Å². The van der Waals surface area contributed by atoms with Crippen molar-refractivity contribution in [3.63, 3.8) is 0 Å². The number of carbonyl (C=O) groups is 1. The Bertz CT molecular complexity index is 823. The maximum Gasteiger partial charge on any atom is 0.586 e. The predicted molar refractivity (Wildman–Crippen MR) is 73.4 cm³/mol. The molecule has 3 rings (SSSR count). The Labute approximate surface area is 129 Å². The number of fused-ring (bicyclic) bond motifs is 1. The van der Waals surface area contributed by atoms with Crippen molar-refractivity contribution in [3.8, 4) is 28.7 Å². The Balaban J connectivity index is 2.18. The molecule has 0 bridgehead atoms. The van der Waals surface area contributed by atoms with Gasteiger partial charge in [-0.25, -0.2) is 0 Å². The molecule has 0 atom stereocenters. The summed E-state index contributed by atoms with van der Waals surface area (Å²) in [5.74, 6) is -0.810. The fourth-order valence-corrected chi connectivity index (χ4v) is 2.38. The number of halogens is 2. The number of methoxy groups -OCH3 is 1. The SMILES string of the molecule is COCC(=O)c1[nH]cc(C#N)c1-c1cccc2c1OC(F)(F)O2. The lowest BCUT2D eigenvalue weighted by atomic mass is 9.99. The zero-order valence-corrected chi connectivity index (χ0v) is 11.9. The maximum absolute atomic E-state index is 13.3. The van der Waals surface area contributed by atoms with E-state index in [9.17, 15) is 18.8 Å². The minimum atomic E-state index is -3.79. The van der Waals surface area contributed by atoms with Crippen LogP contribution >= 0.6 is 0 Å². The molecule has 2 heterocycles. The molecule has 0 saturated heterocycles. The van der Waals surface area contributed by atoms with Crippen LogP contribution in [0.4, 0.5) is 8.78 Å². The molecule has 1 aliphatic heterocycles. The average molecular weight is 320 g/mol. The van der Waals surface area contributed by atoms with Gasteiger partial charge in [-0.1, -0.05) is 12.1 Å². The summed E-state index contributed by atoms with van der Waals surface area (Å²) in [6.45, 7) is -0.221. The number of nitrogens with one attached hydrogen (secondary N) is 1. The van der Waals surface area contributed by atoms with E-state index in [4.69, 9.17) is 4.74 Å². The number of hydrogen-bond donors (Lipinski definition) is 1. The summed E-state index contributed by atoms with van der Waals surface area (Å²) in [7, 11) is 1.35. The summed E-state index contributed by atoms with van der Waals surface area (Å²) in [6, 6.07) is 6.17. The van der Waals surface area contributed by atoms with Gasteiger partial charge < -0.3 is 19.2 Å². The molecule has 6 nitrogen and oxygen atoms in total. The van der Waals surface area contributed by atoms with Gasteiger partial charge in [0.2, 0.25) is 5.78 Å². The van der Waals surface area contributed by atoms with Crippen LogP contribution in [0, 0.1) is 11.3 Å². The number of aromatic nitrogens is 1. The second kappa shape index (κ2) is 5.37. The second-order valence-corrected chi connectivity index (χ2v) is 4.72. The largest absolute Gasteiger partial charge is 0.586 e. The van der Waals surface area contributed by atoms with Crippen LogP contribution in [-0.4, -0.2) is 30.8 Å². The van der Waals surface area contributed by atoms with E-state index in [1.807, 2.05) is 6.07 Å². The minimum absolute atomic E-state index is 0.0793. The highest BCUT2D eigenvalue weighted by Gasteiger charge is 2.45. The predicted octanol–water partition coefficient (Wildman–Crippen LogP) is 2.70. The molecule has 0 radical (unpaired) electrons. The molecule has 23 heavy (non-hydrogen) atoms. The van der Waals surface area contributed by atoms with E-state index in [2.05, 4.69) is 14.5 Å². The maximum atomic E-state index is 13.3. The number of nitrogens with zero attached hydrogens (tertiary/aromatic N) is 1. The van der Waals surface area contributed by atoms with E-state index < -0.39 is 12.1 Å². The molecule has 0 unspecified atom stereocenters. The summed E-state index contributed by atoms with van der Waals surface area (Å²) >= 11 is 0. The Kier molecular flexibility index (Phi) is 3.50. The van der Waals surface area contributed by atoms with Crippen LogP contribution in [0.15, 0.2) is 24.4 Å². The fourth-order valence-electron chi connectivity index (χ4n) is 2.38. The van der Waals surface area contributed by atoms with Crippen LogP contribution < -0.4 is 9.47 Å². The van der Waals surface area contributed by atoms with E-state index in [1.165, 1.54) is 31.5 Å². The van der Waals surface area contributed by atoms with Gasteiger partial charge >= 0.3 is 6.29 Å². The second-order valence-electron chi connectivity index (χ2n) is 4.72. The van der Waals surface area contributed by atoms with Crippen LogP contribution in [0.3, 0.4) is 0 Å². The Morgan fingerprint density at radius 1 is 1.43 bits per heavy atom. The summed E-state index contributed by atoms with van der Waals surface area (Å²) in [4.78, 5) is 14.8. The van der Waals surface area contributed by atoms with Crippen molar-refractivity contribution in [1.29, 1.82) is 5.26 Å². The Morgan fingerprint density at radius 2 is 2.22 bits per heavy atom. The van der Waals surface area contributed by atoms with Gasteiger partial charge in [-0.3, -0.25) is 4.79 Å². The third kappa shape index (κ3) is 2.51. The number of carbonyl (C=O) groups excluding carboxylic acids is 1. The molecular weight excluding hydrogens is 310 g/mol. The number of ketones is 1. The van der Waals surface area contributed by atoms with E-state index >= 15 is 0 Å². The highest BCUT2D eigenvalue weighted by Crippen LogP contribution is 2.48. The van der Waals surface area contributed by atoms with E-state index in [1.54, 1.807) is 0 Å². The number of nitriles is 1. The molecule has 1 aromatic carbocycles. The Morgan fingerprint density at radius 3 is 2.91 bits per heavy atom. The number of rotatable bonds is 4. The van der Waals surface area contributed by atoms with Crippen LogP contribution in [0.2, 0.25) is 0 Å². The number of hydrogen-bond acceptors (Lipinski definition) is 5. The number of para-hydroxylation sites is 1. The number of alkyl halides is 2. The molecule has 0 aliphatic carbocycles. The van der Waals surface area contributed by atoms with Crippen molar-refractivity contribution in [2.24, 2.45) is 0 Å². The molecule has 2 aromatic rings. The van der Waals surface area contributed by atoms with Gasteiger partial charge in [0.05, 0.1) is 11.3 Å². The summed E-state index contributed by atoms with van der Waals surface area (Å²) in [6.07, 6.45) is -2.47. The number of ether oxygens (including phenoxy) is 3. The average Bonchev–Trinajstić information content (AvgIpc) is 3.05. The van der Waals surface area contributed by atoms with E-state index in [0.717, 1.165) is 0 Å². The van der Waals surface area contributed by atoms with Crippen molar-refractivity contribution in [3.05, 3.63) is 35.7 Å². The first-order valence-electron chi connectivity index (χ1n) is 6.49. The van der Waals surface area contributed by atoms with Gasteiger partial charge in [0.15, 0.2) is 11.5 Å². The van der Waals surface area contributed by atoms with Crippen molar-refractivity contribution in [2.45, 2.75) is 6.29 Å². The van der Waals surface area contributed by atoms with Crippen molar-refractivity contribution in [1.82, 2.24) is 4.98 Å². The zero-order valence-electron chi connectivity index (χ0n) is 11.9. The number of H-pyrrole nitrogens is 1. The number of aromatic amines is 1. The molecule has 1 aromatic heterocycles. The first kappa shape index (κ1) is 15.0. The molecule has 1 aliphatic rings. The highest BCUT2D eigenvalue weighted by molar-refractivity contribution is 6.03. The molecule has 0 spiro atoms. The van der Waals surface area contributed by atoms with E-state index in [0.29, 0.717) is 0 Å². The van der Waals surface area contributed by atoms with Gasteiger partial charge in [0.1, 0.15) is 12.7 Å². The summed E-state index contributed by atoms with van der Waals surface area (Å²) in [5, 5.41) is 9.22. The van der Waals surface area contributed by atoms with Crippen LogP contribution in [0.5, 0.6) is 11.5 Å². The molecule has 8 heteroatoms. The normalized spacial score (nSPS) is 14.5. The molecule has 0 amide bonds. The molecular formula is C15H10F2N2O4. The first-order chi connectivity index (χ1) is 11.0. The minimum Gasteiger partial charge on any atom is -0.395 e. The summed E-state index contributed by atoms with van der Waals surface area (Å²) < 4.78 is 40.3. The standard InChI is InChI=1S/C15H10F2N2O4/c1-21-7-10(20)13-12(8(5-18)6-19-13)9-3-2-4-11-14(9)23-15(16,17)22-11/h2-4,6,19H,7H2,1H3. The quantitative estimate of drug-likeness (QED) is 0.876. The van der Waals surface area contributed by atoms with Crippen molar-refractivity contribution < 1.29 is 27.8 Å². The zero-order chi connectivity index (χ0) is 16.6. The van der Waals surface area contributed by atoms with Gasteiger partial charge in [0, 0.05) is 24.4 Å². The van der Waals surface area contributed by atoms with Gasteiger partial charge in [-0.05, 0) is 6.07 Å². The van der Waals surface area contributed by atoms with Crippen LogP contribution in [0.25, 0.3) is 11.1 Å². The van der Waals surface area contributed by atoms with Gasteiger partial charge in [-0.2, -0.15) is 5.26 Å². The monoisotopic (exact) mass is 320 g/mol. The highest BCUT2D eigenvalue weighted by atomic mass is 19.3. The van der Waals surface area contributed by atoms with Gasteiger partial charge in [-0.15, -0.1) is 8.78 Å². The molecule has 0 fully saturated rings. The molecule has 1 N–H and O–H groups in total. The lowest BCUT2D eigenvalue weighted by Crippen LogP contribution is -2.26. The number of benzene rings is 1. The lowest BCUT2D eigenvalue weighted by molar-refractivity contribution is -0.286. The molecule has 118 valence electrons. The Hall–Kier alpha value is -2.92. The summed E-state index contributed by atoms with van der Waals surface area (Å²) in [5.41, 5.74) is 0.539. The fraction of sp³-hybridized carbons (Fsp3) is 0.200.